The Bertz CT molecular complexity index is 1500. The second-order valence-electron chi connectivity index (χ2n) is 9.27. The Balaban J connectivity index is 1.85. The van der Waals surface area contributed by atoms with Crippen LogP contribution in [0.15, 0.2) is 76.5 Å². The molecule has 9 heteroatoms. The number of sulfone groups is 1. The Morgan fingerprint density at radius 2 is 1.63 bits per heavy atom. The van der Waals surface area contributed by atoms with Crippen LogP contribution in [-0.4, -0.2) is 38.9 Å². The third-order valence-corrected chi connectivity index (χ3v) is 8.35. The van der Waals surface area contributed by atoms with Crippen molar-refractivity contribution in [2.75, 3.05) is 16.8 Å². The van der Waals surface area contributed by atoms with Gasteiger partial charge in [0.15, 0.2) is 0 Å². The Morgan fingerprint density at radius 1 is 0.947 bits per heavy atom. The lowest BCUT2D eigenvalue weighted by Gasteiger charge is -2.30. The van der Waals surface area contributed by atoms with E-state index in [2.05, 4.69) is 19.2 Å². The first-order valence-corrected chi connectivity index (χ1v) is 14.0. The molecule has 0 aromatic heterocycles. The second kappa shape index (κ2) is 10.8. The molecule has 198 valence electrons. The van der Waals surface area contributed by atoms with Crippen LogP contribution in [0, 0.1) is 0 Å². The van der Waals surface area contributed by atoms with Gasteiger partial charge in [0.25, 0.3) is 5.91 Å². The molecular formula is C29H30N2O6S. The highest BCUT2D eigenvalue weighted by atomic mass is 32.2. The first-order chi connectivity index (χ1) is 18.1. The van der Waals surface area contributed by atoms with E-state index in [-0.39, 0.29) is 39.6 Å². The summed E-state index contributed by atoms with van der Waals surface area (Å²) in [7, 11) is -4.14. The lowest BCUT2D eigenvalue weighted by Crippen LogP contribution is -2.47. The van der Waals surface area contributed by atoms with E-state index >= 15 is 0 Å². The van der Waals surface area contributed by atoms with Crippen LogP contribution in [0.2, 0.25) is 0 Å². The van der Waals surface area contributed by atoms with E-state index in [0.29, 0.717) is 11.6 Å². The zero-order chi connectivity index (χ0) is 27.6. The Morgan fingerprint density at radius 3 is 2.26 bits per heavy atom. The topological polar surface area (TPSA) is 110 Å². The number of ether oxygens (including phenoxy) is 1. The van der Waals surface area contributed by atoms with Crippen molar-refractivity contribution in [3.05, 3.63) is 83.4 Å². The van der Waals surface area contributed by atoms with E-state index in [9.17, 15) is 22.8 Å². The van der Waals surface area contributed by atoms with Gasteiger partial charge in [-0.05, 0) is 67.3 Å². The first-order valence-electron chi connectivity index (χ1n) is 12.5. The highest BCUT2D eigenvalue weighted by molar-refractivity contribution is 7.91. The summed E-state index contributed by atoms with van der Waals surface area (Å²) in [6.45, 7) is 7.65. The minimum absolute atomic E-state index is 0.0473. The van der Waals surface area contributed by atoms with E-state index in [4.69, 9.17) is 4.74 Å². The number of carbonyl (C=O) groups excluding carboxylic acids is 3. The summed E-state index contributed by atoms with van der Waals surface area (Å²) in [4.78, 5) is 40.9. The maximum Gasteiger partial charge on any atom is 0.338 e. The molecule has 0 aliphatic carbocycles. The van der Waals surface area contributed by atoms with Crippen LogP contribution in [-0.2, 0) is 19.4 Å². The average molecular weight is 535 g/mol. The van der Waals surface area contributed by atoms with Gasteiger partial charge in [-0.3, -0.25) is 14.5 Å². The molecule has 38 heavy (non-hydrogen) atoms. The van der Waals surface area contributed by atoms with E-state index in [0.717, 1.165) is 5.56 Å². The summed E-state index contributed by atoms with van der Waals surface area (Å²) in [5.74, 6) is -1.47. The van der Waals surface area contributed by atoms with E-state index in [1.165, 1.54) is 41.3 Å². The number of esters is 1. The molecular weight excluding hydrogens is 504 g/mol. The second-order valence-corrected chi connectivity index (χ2v) is 11.2. The molecule has 0 bridgehead atoms. The predicted octanol–water partition coefficient (Wildman–Crippen LogP) is 5.20. The highest BCUT2D eigenvalue weighted by Gasteiger charge is 2.40. The van der Waals surface area contributed by atoms with Crippen molar-refractivity contribution < 1.29 is 27.5 Å². The van der Waals surface area contributed by atoms with Gasteiger partial charge in [-0.2, -0.15) is 0 Å². The molecule has 1 aliphatic rings. The molecule has 0 spiro atoms. The standard InChI is InChI=1S/C29H30N2O6S/c1-5-23(27(32)30-21-14-11-19(12-15-21)18(3)4)31-24-17-20(29(34)37-6-2)13-16-26(24)38(35,36)25-10-8-7-9-22(25)28(31)33/h7-18,23H,5-6H2,1-4H3,(H,30,32)/t23-/m0/s1. The number of benzene rings is 3. The number of amides is 2. The van der Waals surface area contributed by atoms with Gasteiger partial charge in [0, 0.05) is 5.69 Å². The predicted molar refractivity (Wildman–Crippen MR) is 144 cm³/mol. The fraction of sp³-hybridized carbons (Fsp3) is 0.276. The fourth-order valence-electron chi connectivity index (χ4n) is 4.48. The minimum Gasteiger partial charge on any atom is -0.462 e. The molecule has 3 aromatic carbocycles. The molecule has 0 radical (unpaired) electrons. The third kappa shape index (κ3) is 4.93. The number of rotatable bonds is 7. The Kier molecular flexibility index (Phi) is 7.68. The van der Waals surface area contributed by atoms with E-state index in [1.807, 2.05) is 12.1 Å². The zero-order valence-corrected chi connectivity index (χ0v) is 22.5. The highest BCUT2D eigenvalue weighted by Crippen LogP contribution is 2.39. The molecule has 1 heterocycles. The lowest BCUT2D eigenvalue weighted by molar-refractivity contribution is -0.117. The van der Waals surface area contributed by atoms with Crippen molar-refractivity contribution in [1.29, 1.82) is 0 Å². The maximum atomic E-state index is 13.9. The quantitative estimate of drug-likeness (QED) is 0.418. The van der Waals surface area contributed by atoms with Crippen molar-refractivity contribution >= 4 is 39.0 Å². The summed E-state index contributed by atoms with van der Waals surface area (Å²) in [6.07, 6.45) is 0.187. The summed E-state index contributed by atoms with van der Waals surface area (Å²) in [6, 6.07) is 16.2. The summed E-state index contributed by atoms with van der Waals surface area (Å²) in [5, 5.41) is 2.86. The number of nitrogens with one attached hydrogen (secondary N) is 1. The van der Waals surface area contributed by atoms with Crippen molar-refractivity contribution in [1.82, 2.24) is 0 Å². The molecule has 2 amide bonds. The molecule has 0 unspecified atom stereocenters. The first kappa shape index (κ1) is 27.1. The molecule has 1 atom stereocenters. The number of fused-ring (bicyclic) bond motifs is 2. The van der Waals surface area contributed by atoms with Crippen LogP contribution in [0.3, 0.4) is 0 Å². The summed E-state index contributed by atoms with van der Waals surface area (Å²) < 4.78 is 32.4. The van der Waals surface area contributed by atoms with Gasteiger partial charge in [0.1, 0.15) is 6.04 Å². The van der Waals surface area contributed by atoms with Gasteiger partial charge in [-0.15, -0.1) is 0 Å². The summed E-state index contributed by atoms with van der Waals surface area (Å²) in [5.41, 5.74) is 1.64. The van der Waals surface area contributed by atoms with E-state index in [1.54, 1.807) is 32.0 Å². The van der Waals surface area contributed by atoms with Gasteiger partial charge >= 0.3 is 5.97 Å². The van der Waals surface area contributed by atoms with Crippen molar-refractivity contribution in [2.45, 2.75) is 55.9 Å². The smallest absolute Gasteiger partial charge is 0.338 e. The molecule has 4 rings (SSSR count). The molecule has 0 saturated heterocycles. The minimum atomic E-state index is -4.14. The monoisotopic (exact) mass is 534 g/mol. The maximum absolute atomic E-state index is 13.9. The van der Waals surface area contributed by atoms with Gasteiger partial charge in [-0.25, -0.2) is 13.2 Å². The van der Waals surface area contributed by atoms with Gasteiger partial charge in [0.05, 0.1) is 33.2 Å². The molecule has 3 aromatic rings. The number of hydrogen-bond donors (Lipinski definition) is 1. The zero-order valence-electron chi connectivity index (χ0n) is 21.7. The molecule has 8 nitrogen and oxygen atoms in total. The van der Waals surface area contributed by atoms with Crippen molar-refractivity contribution in [2.24, 2.45) is 0 Å². The molecule has 1 aliphatic heterocycles. The normalized spacial score (nSPS) is 14.8. The van der Waals surface area contributed by atoms with Gasteiger partial charge in [-0.1, -0.05) is 45.0 Å². The van der Waals surface area contributed by atoms with Crippen LogP contribution in [0.4, 0.5) is 11.4 Å². The van der Waals surface area contributed by atoms with Crippen LogP contribution in [0.1, 0.15) is 66.3 Å². The molecule has 0 saturated carbocycles. The van der Waals surface area contributed by atoms with Crippen molar-refractivity contribution in [3.63, 3.8) is 0 Å². The SMILES string of the molecule is CCOC(=O)c1ccc2c(c1)N([C@@H](CC)C(=O)Nc1ccc(C(C)C)cc1)C(=O)c1ccccc1S2(=O)=O. The largest absolute Gasteiger partial charge is 0.462 e. The van der Waals surface area contributed by atoms with Crippen LogP contribution in [0.5, 0.6) is 0 Å². The van der Waals surface area contributed by atoms with Gasteiger partial charge < -0.3 is 10.1 Å². The lowest BCUT2D eigenvalue weighted by atomic mass is 10.0. The Hall–Kier alpha value is -3.98. The van der Waals surface area contributed by atoms with Crippen molar-refractivity contribution in [3.8, 4) is 0 Å². The number of hydrogen-bond acceptors (Lipinski definition) is 6. The van der Waals surface area contributed by atoms with Gasteiger partial charge in [0.2, 0.25) is 15.7 Å². The Labute approximate surface area is 222 Å². The van der Waals surface area contributed by atoms with Crippen LogP contribution in [0.25, 0.3) is 0 Å². The van der Waals surface area contributed by atoms with Crippen LogP contribution < -0.4 is 10.2 Å². The number of carbonyl (C=O) groups is 3. The number of nitrogens with zero attached hydrogens (tertiary/aromatic N) is 1. The number of anilines is 2. The third-order valence-electron chi connectivity index (χ3n) is 6.49. The average Bonchev–Trinajstić information content (AvgIpc) is 2.97. The summed E-state index contributed by atoms with van der Waals surface area (Å²) >= 11 is 0. The molecule has 1 N–H and O–H groups in total. The van der Waals surface area contributed by atoms with E-state index < -0.39 is 33.7 Å². The fourth-order valence-corrected chi connectivity index (χ4v) is 6.10. The molecule has 0 fully saturated rings. The van der Waals surface area contributed by atoms with Crippen LogP contribution >= 0.6 is 0 Å².